The van der Waals surface area contributed by atoms with Crippen LogP contribution in [0.15, 0.2) is 59.5 Å². The van der Waals surface area contributed by atoms with Crippen molar-refractivity contribution in [3.8, 4) is 0 Å². The molecule has 2 aliphatic rings. The number of hydrogen-bond acceptors (Lipinski definition) is 6. The lowest BCUT2D eigenvalue weighted by Gasteiger charge is -2.40. The second-order valence-corrected chi connectivity index (χ2v) is 11.9. The highest BCUT2D eigenvalue weighted by molar-refractivity contribution is 7.96. The number of rotatable bonds is 4. The number of halogens is 1. The molecule has 0 radical (unpaired) electrons. The van der Waals surface area contributed by atoms with Gasteiger partial charge >= 0.3 is 0 Å². The molecule has 4 rings (SSSR count). The molecule has 0 saturated carbocycles. The molecule has 0 aliphatic carbocycles. The summed E-state index contributed by atoms with van der Waals surface area (Å²) in [7, 11) is -7.19. The number of piperazine rings is 1. The molecular formula is C20H23FN2O4S2. The predicted molar refractivity (Wildman–Crippen MR) is 110 cm³/mol. The summed E-state index contributed by atoms with van der Waals surface area (Å²) >= 11 is 0. The van der Waals surface area contributed by atoms with Crippen LogP contribution in [0.3, 0.4) is 0 Å². The van der Waals surface area contributed by atoms with Gasteiger partial charge in [-0.3, -0.25) is 4.90 Å². The number of benzene rings is 2. The first-order chi connectivity index (χ1) is 13.8. The molecule has 29 heavy (non-hydrogen) atoms. The summed E-state index contributed by atoms with van der Waals surface area (Å²) in [5.41, 5.74) is 0.901. The van der Waals surface area contributed by atoms with Crippen molar-refractivity contribution >= 4 is 25.4 Å². The van der Waals surface area contributed by atoms with E-state index in [9.17, 15) is 21.2 Å². The van der Waals surface area contributed by atoms with E-state index < -0.39 is 31.0 Å². The van der Waals surface area contributed by atoms with Crippen LogP contribution in [0.25, 0.3) is 0 Å². The Bertz CT molecular complexity index is 1070. The Morgan fingerprint density at radius 2 is 1.48 bits per heavy atom. The van der Waals surface area contributed by atoms with Crippen LogP contribution < -0.4 is 4.90 Å². The van der Waals surface area contributed by atoms with Crippen LogP contribution in [0.2, 0.25) is 0 Å². The van der Waals surface area contributed by atoms with Gasteiger partial charge in [-0.2, -0.15) is 0 Å². The molecule has 0 unspecified atom stereocenters. The average Bonchev–Trinajstić information content (AvgIpc) is 3.06. The van der Waals surface area contributed by atoms with Crippen molar-refractivity contribution in [3.63, 3.8) is 0 Å². The Balaban J connectivity index is 1.53. The van der Waals surface area contributed by atoms with Crippen LogP contribution in [-0.2, 0) is 19.7 Å². The molecule has 0 spiro atoms. The van der Waals surface area contributed by atoms with Gasteiger partial charge in [-0.1, -0.05) is 18.2 Å². The largest absolute Gasteiger partial charge is 0.369 e. The molecular weight excluding hydrogens is 415 g/mol. The molecule has 156 valence electrons. The molecule has 6 nitrogen and oxygen atoms in total. The van der Waals surface area contributed by atoms with Gasteiger partial charge in [-0.15, -0.1) is 0 Å². The fourth-order valence-corrected chi connectivity index (χ4v) is 9.03. The maximum atomic E-state index is 13.2. The van der Waals surface area contributed by atoms with Crippen LogP contribution in [0.4, 0.5) is 10.1 Å². The van der Waals surface area contributed by atoms with Crippen LogP contribution in [0.5, 0.6) is 0 Å². The summed E-state index contributed by atoms with van der Waals surface area (Å²) in [6, 6.07) is 13.8. The fourth-order valence-electron chi connectivity index (χ4n) is 4.18. The second-order valence-electron chi connectivity index (χ2n) is 7.54. The summed E-state index contributed by atoms with van der Waals surface area (Å²) in [5.74, 6) is -0.773. The van der Waals surface area contributed by atoms with E-state index in [1.54, 1.807) is 30.3 Å². The normalized spacial score (nSPS) is 25.2. The highest BCUT2D eigenvalue weighted by Crippen LogP contribution is 2.30. The number of sulfone groups is 2. The van der Waals surface area contributed by atoms with Gasteiger partial charge in [-0.25, -0.2) is 21.2 Å². The van der Waals surface area contributed by atoms with E-state index in [1.165, 1.54) is 24.3 Å². The number of anilines is 1. The zero-order valence-electron chi connectivity index (χ0n) is 15.8. The smallest absolute Gasteiger partial charge is 0.183 e. The minimum atomic E-state index is -3.75. The Morgan fingerprint density at radius 3 is 2.10 bits per heavy atom. The second kappa shape index (κ2) is 7.70. The monoisotopic (exact) mass is 438 g/mol. The zero-order valence-corrected chi connectivity index (χ0v) is 17.4. The number of nitrogens with zero attached hydrogens (tertiary/aromatic N) is 2. The van der Waals surface area contributed by atoms with E-state index >= 15 is 0 Å². The minimum absolute atomic E-state index is 0.139. The van der Waals surface area contributed by atoms with Gasteiger partial charge < -0.3 is 4.90 Å². The summed E-state index contributed by atoms with van der Waals surface area (Å²) in [4.78, 5) is 4.24. The highest BCUT2D eigenvalue weighted by atomic mass is 32.2. The third-order valence-electron chi connectivity index (χ3n) is 5.72. The molecule has 2 aromatic rings. The first-order valence-electron chi connectivity index (χ1n) is 9.50. The molecule has 0 aromatic heterocycles. The van der Waals surface area contributed by atoms with E-state index in [1.807, 2.05) is 4.90 Å². The SMILES string of the molecule is O=S1(=O)C[C@H](N2CCN(c3ccc(F)cc3)CC2)[C@@H](S(=O)(=O)c2ccccc2)C1. The molecule has 2 heterocycles. The Morgan fingerprint density at radius 1 is 0.862 bits per heavy atom. The van der Waals surface area contributed by atoms with Gasteiger partial charge in [0.15, 0.2) is 19.7 Å². The molecule has 2 fully saturated rings. The third-order valence-corrected chi connectivity index (χ3v) is 9.85. The van der Waals surface area contributed by atoms with Gasteiger partial charge in [0, 0.05) is 37.9 Å². The van der Waals surface area contributed by atoms with Crippen molar-refractivity contribution in [2.45, 2.75) is 16.2 Å². The molecule has 2 aliphatic heterocycles. The van der Waals surface area contributed by atoms with E-state index in [2.05, 4.69) is 4.90 Å². The van der Waals surface area contributed by atoms with Crippen molar-refractivity contribution in [1.29, 1.82) is 0 Å². The van der Waals surface area contributed by atoms with Gasteiger partial charge in [0.2, 0.25) is 0 Å². The van der Waals surface area contributed by atoms with Gasteiger partial charge in [-0.05, 0) is 36.4 Å². The van der Waals surface area contributed by atoms with E-state index in [0.717, 1.165) is 5.69 Å². The van der Waals surface area contributed by atoms with Gasteiger partial charge in [0.05, 0.1) is 21.7 Å². The van der Waals surface area contributed by atoms with E-state index in [-0.39, 0.29) is 22.2 Å². The lowest BCUT2D eigenvalue weighted by molar-refractivity contribution is 0.201. The standard InChI is InChI=1S/C20H23FN2O4S2/c21-16-6-8-17(9-7-16)22-10-12-23(13-11-22)19-14-28(24,25)15-20(19)29(26,27)18-4-2-1-3-5-18/h1-9,19-20H,10-15H2/t19-,20-/m0/s1. The molecule has 9 heteroatoms. The van der Waals surface area contributed by atoms with Crippen molar-refractivity contribution in [1.82, 2.24) is 4.90 Å². The highest BCUT2D eigenvalue weighted by Gasteiger charge is 2.48. The van der Waals surface area contributed by atoms with Gasteiger partial charge in [0.1, 0.15) is 5.82 Å². The third kappa shape index (κ3) is 4.17. The summed E-state index contributed by atoms with van der Waals surface area (Å²) in [6.45, 7) is 2.36. The van der Waals surface area contributed by atoms with Crippen LogP contribution in [0.1, 0.15) is 0 Å². The minimum Gasteiger partial charge on any atom is -0.369 e. The molecule has 0 amide bonds. The lowest BCUT2D eigenvalue weighted by atomic mass is 10.1. The summed E-state index contributed by atoms with van der Waals surface area (Å²) in [6.07, 6.45) is 0. The van der Waals surface area contributed by atoms with Crippen molar-refractivity contribution < 1.29 is 21.2 Å². The predicted octanol–water partition coefficient (Wildman–Crippen LogP) is 1.59. The first kappa shape index (κ1) is 20.3. The summed E-state index contributed by atoms with van der Waals surface area (Å²) in [5, 5.41) is -0.965. The van der Waals surface area contributed by atoms with E-state index in [4.69, 9.17) is 0 Å². The van der Waals surface area contributed by atoms with E-state index in [0.29, 0.717) is 26.2 Å². The van der Waals surface area contributed by atoms with Crippen molar-refractivity contribution in [3.05, 3.63) is 60.4 Å². The molecule has 2 atom stereocenters. The zero-order chi connectivity index (χ0) is 20.6. The van der Waals surface area contributed by atoms with Crippen LogP contribution >= 0.6 is 0 Å². The van der Waals surface area contributed by atoms with Crippen LogP contribution in [0, 0.1) is 5.82 Å². The van der Waals surface area contributed by atoms with Gasteiger partial charge in [0.25, 0.3) is 0 Å². The molecule has 0 bridgehead atoms. The quantitative estimate of drug-likeness (QED) is 0.722. The topological polar surface area (TPSA) is 74.8 Å². The Labute approximate surface area is 170 Å². The lowest BCUT2D eigenvalue weighted by Crippen LogP contribution is -2.55. The summed E-state index contributed by atoms with van der Waals surface area (Å²) < 4.78 is 64.2. The Kier molecular flexibility index (Phi) is 5.39. The fraction of sp³-hybridized carbons (Fsp3) is 0.400. The molecule has 2 saturated heterocycles. The maximum absolute atomic E-state index is 13.2. The van der Waals surface area contributed by atoms with Crippen LogP contribution in [-0.4, -0.2) is 70.7 Å². The average molecular weight is 439 g/mol. The number of hydrogen-bond donors (Lipinski definition) is 0. The molecule has 0 N–H and O–H groups in total. The van der Waals surface area contributed by atoms with Crippen molar-refractivity contribution in [2.24, 2.45) is 0 Å². The Hall–Kier alpha value is -1.97. The van der Waals surface area contributed by atoms with Crippen molar-refractivity contribution in [2.75, 3.05) is 42.6 Å². The first-order valence-corrected chi connectivity index (χ1v) is 12.9. The maximum Gasteiger partial charge on any atom is 0.183 e. The molecule has 2 aromatic carbocycles.